The second-order valence-corrected chi connectivity index (χ2v) is 6.43. The molecule has 0 saturated carbocycles. The van der Waals surface area contributed by atoms with Crippen molar-refractivity contribution >= 4 is 33.0 Å². The molecule has 0 aliphatic carbocycles. The number of benzene rings is 2. The Kier molecular flexibility index (Phi) is 3.16. The van der Waals surface area contributed by atoms with Gasteiger partial charge in [0.15, 0.2) is 5.43 Å². The lowest BCUT2D eigenvalue weighted by molar-refractivity contribution is -0.838. The van der Waals surface area contributed by atoms with Crippen molar-refractivity contribution in [3.05, 3.63) is 51.8 Å². The van der Waals surface area contributed by atoms with Crippen LogP contribution in [0.15, 0.2) is 41.2 Å². The molecule has 7 nitrogen and oxygen atoms in total. The maximum absolute atomic E-state index is 13.0. The van der Waals surface area contributed by atoms with Crippen LogP contribution in [0.2, 0.25) is 0 Å². The average molecular weight is 323 g/mol. The van der Waals surface area contributed by atoms with Crippen LogP contribution in [-0.2, 0) is 0 Å². The fourth-order valence-corrected chi connectivity index (χ4v) is 3.00. The van der Waals surface area contributed by atoms with Crippen molar-refractivity contribution in [2.24, 2.45) is 0 Å². The maximum Gasteiger partial charge on any atom is 0.199 e. The summed E-state index contributed by atoms with van der Waals surface area (Å²) >= 11 is 0. The number of hydrogen-bond acceptors (Lipinski definition) is 5. The molecule has 4 rings (SSSR count). The van der Waals surface area contributed by atoms with Gasteiger partial charge in [0.1, 0.15) is 11.0 Å². The summed E-state index contributed by atoms with van der Waals surface area (Å²) in [7, 11) is 3.19. The molecule has 1 N–H and O–H groups in total. The van der Waals surface area contributed by atoms with Gasteiger partial charge in [-0.1, -0.05) is 17.3 Å². The van der Waals surface area contributed by atoms with Crippen molar-refractivity contribution in [3.8, 4) is 0 Å². The van der Waals surface area contributed by atoms with Gasteiger partial charge >= 0.3 is 0 Å². The largest absolute Gasteiger partial charge is 0.633 e. The number of hydroxylamine groups is 3. The van der Waals surface area contributed by atoms with Gasteiger partial charge in [-0.25, -0.2) is 4.52 Å². The van der Waals surface area contributed by atoms with Gasteiger partial charge in [-0.05, 0) is 24.3 Å². The number of para-hydroxylation sites is 1. The van der Waals surface area contributed by atoms with E-state index in [1.807, 2.05) is 30.3 Å². The van der Waals surface area contributed by atoms with Crippen LogP contribution in [-0.4, -0.2) is 46.7 Å². The van der Waals surface area contributed by atoms with Gasteiger partial charge in [0, 0.05) is 11.1 Å². The molecular formula is C17H17N5O2. The molecule has 0 fully saturated rings. The van der Waals surface area contributed by atoms with Crippen LogP contribution < -0.4 is 10.7 Å². The Morgan fingerprint density at radius 3 is 2.79 bits per heavy atom. The number of likely N-dealkylation sites (N-methyl/N-ethyl adjacent to an activating group) is 1. The number of nitrogens with zero attached hydrogens (tertiary/aromatic N) is 4. The Labute approximate surface area is 137 Å². The zero-order valence-electron chi connectivity index (χ0n) is 13.5. The molecular weight excluding hydrogens is 306 g/mol. The summed E-state index contributed by atoms with van der Waals surface area (Å²) in [4.78, 5) is 13.0. The normalized spacial score (nSPS) is 12.5. The van der Waals surface area contributed by atoms with Gasteiger partial charge in [0.05, 0.1) is 38.1 Å². The fraction of sp³-hybridized carbons (Fsp3) is 0.235. The minimum atomic E-state index is -0.388. The molecule has 2 aromatic carbocycles. The van der Waals surface area contributed by atoms with Gasteiger partial charge in [-0.2, -0.15) is 0 Å². The number of pyridine rings is 1. The standard InChI is InChI=1S/C17H17N5O2/c1-22(2,24)10-9-18-12-7-8-13-16-15(12)17(23)11-5-3-4-6-14(11)21(16)20-19-13/h3-8,18H,9-10H2,1-2H3. The summed E-state index contributed by atoms with van der Waals surface area (Å²) in [6.45, 7) is 0.880. The van der Waals surface area contributed by atoms with E-state index in [-0.39, 0.29) is 10.1 Å². The first-order valence-electron chi connectivity index (χ1n) is 7.76. The number of aromatic nitrogens is 3. The summed E-state index contributed by atoms with van der Waals surface area (Å²) in [5.74, 6) is 0. The first-order valence-corrected chi connectivity index (χ1v) is 7.76. The molecule has 0 saturated heterocycles. The highest BCUT2D eigenvalue weighted by Crippen LogP contribution is 2.27. The smallest absolute Gasteiger partial charge is 0.199 e. The fourth-order valence-electron chi connectivity index (χ4n) is 3.00. The van der Waals surface area contributed by atoms with E-state index < -0.39 is 0 Å². The third-order valence-corrected chi connectivity index (χ3v) is 4.18. The van der Waals surface area contributed by atoms with E-state index in [2.05, 4.69) is 15.6 Å². The summed E-state index contributed by atoms with van der Waals surface area (Å²) in [5, 5.41) is 24.5. The molecule has 24 heavy (non-hydrogen) atoms. The molecule has 2 heterocycles. The molecule has 7 heteroatoms. The Hall–Kier alpha value is -2.77. The summed E-state index contributed by atoms with van der Waals surface area (Å²) < 4.78 is 1.32. The van der Waals surface area contributed by atoms with Crippen molar-refractivity contribution in [3.63, 3.8) is 0 Å². The number of anilines is 1. The molecule has 0 radical (unpaired) electrons. The lowest BCUT2D eigenvalue weighted by Crippen LogP contribution is -2.36. The minimum absolute atomic E-state index is 0.0515. The first kappa shape index (κ1) is 14.8. The molecule has 0 unspecified atom stereocenters. The minimum Gasteiger partial charge on any atom is -0.633 e. The maximum atomic E-state index is 13.0. The average Bonchev–Trinajstić information content (AvgIpc) is 2.96. The Bertz CT molecular complexity index is 1100. The van der Waals surface area contributed by atoms with Crippen LogP contribution in [0.5, 0.6) is 0 Å². The highest BCUT2D eigenvalue weighted by atomic mass is 16.5. The highest BCUT2D eigenvalue weighted by molar-refractivity contribution is 6.06. The van der Waals surface area contributed by atoms with Crippen molar-refractivity contribution in [2.75, 3.05) is 32.5 Å². The molecule has 0 aliphatic rings. The van der Waals surface area contributed by atoms with Crippen molar-refractivity contribution in [1.29, 1.82) is 0 Å². The van der Waals surface area contributed by atoms with Crippen molar-refractivity contribution in [1.82, 2.24) is 14.8 Å². The zero-order chi connectivity index (χ0) is 16.9. The SMILES string of the molecule is C[N+](C)([O-])CCNc1ccc2nnn3c4ccccc4c(=O)c1c23. The number of fused-ring (bicyclic) bond motifs is 2. The predicted octanol–water partition coefficient (Wildman–Crippen LogP) is 1.82. The molecule has 0 bridgehead atoms. The lowest BCUT2D eigenvalue weighted by Gasteiger charge is -2.33. The lowest BCUT2D eigenvalue weighted by atomic mass is 10.1. The first-order chi connectivity index (χ1) is 11.5. The van der Waals surface area contributed by atoms with E-state index in [1.165, 1.54) is 0 Å². The quantitative estimate of drug-likeness (QED) is 0.352. The second kappa shape index (κ2) is 5.12. The number of rotatable bonds is 4. The van der Waals surface area contributed by atoms with Crippen LogP contribution in [0.4, 0.5) is 5.69 Å². The zero-order valence-corrected chi connectivity index (χ0v) is 13.5. The van der Waals surface area contributed by atoms with E-state index in [0.29, 0.717) is 40.6 Å². The second-order valence-electron chi connectivity index (χ2n) is 6.43. The van der Waals surface area contributed by atoms with Gasteiger partial charge < -0.3 is 15.2 Å². The number of hydrogen-bond donors (Lipinski definition) is 1. The van der Waals surface area contributed by atoms with Crippen LogP contribution in [0.3, 0.4) is 0 Å². The van der Waals surface area contributed by atoms with Gasteiger partial charge in [-0.15, -0.1) is 5.10 Å². The Morgan fingerprint density at radius 2 is 2.00 bits per heavy atom. The van der Waals surface area contributed by atoms with E-state index in [9.17, 15) is 10.0 Å². The monoisotopic (exact) mass is 323 g/mol. The van der Waals surface area contributed by atoms with Crippen LogP contribution in [0.1, 0.15) is 0 Å². The van der Waals surface area contributed by atoms with Crippen LogP contribution in [0.25, 0.3) is 27.3 Å². The molecule has 0 spiro atoms. The van der Waals surface area contributed by atoms with Crippen LogP contribution in [0, 0.1) is 5.21 Å². The van der Waals surface area contributed by atoms with Crippen molar-refractivity contribution in [2.45, 2.75) is 0 Å². The third-order valence-electron chi connectivity index (χ3n) is 4.18. The Morgan fingerprint density at radius 1 is 1.21 bits per heavy atom. The van der Waals surface area contributed by atoms with Crippen LogP contribution >= 0.6 is 0 Å². The summed E-state index contributed by atoms with van der Waals surface area (Å²) in [6.07, 6.45) is 0. The Balaban J connectivity index is 1.95. The molecule has 4 aromatic rings. The predicted molar refractivity (Wildman–Crippen MR) is 94.3 cm³/mol. The van der Waals surface area contributed by atoms with Gasteiger partial charge in [0.25, 0.3) is 0 Å². The van der Waals surface area contributed by atoms with Crippen molar-refractivity contribution < 1.29 is 4.65 Å². The molecule has 2 aromatic heterocycles. The van der Waals surface area contributed by atoms with Gasteiger partial charge in [-0.3, -0.25) is 4.79 Å². The molecule has 0 atom stereocenters. The third kappa shape index (κ3) is 2.26. The van der Waals surface area contributed by atoms with E-state index in [0.717, 1.165) is 5.52 Å². The van der Waals surface area contributed by atoms with E-state index in [4.69, 9.17) is 0 Å². The number of quaternary nitrogens is 1. The molecule has 122 valence electrons. The van der Waals surface area contributed by atoms with Gasteiger partial charge in [0.2, 0.25) is 0 Å². The molecule has 0 amide bonds. The summed E-state index contributed by atoms with van der Waals surface area (Å²) in [6, 6.07) is 11.0. The summed E-state index contributed by atoms with van der Waals surface area (Å²) in [5.41, 5.74) is 2.79. The topological polar surface area (TPSA) is 82.3 Å². The van der Waals surface area contributed by atoms with E-state index in [1.54, 1.807) is 24.7 Å². The number of nitrogens with one attached hydrogen (secondary N) is 1. The van der Waals surface area contributed by atoms with E-state index >= 15 is 0 Å². The highest BCUT2D eigenvalue weighted by Gasteiger charge is 2.17. The molecule has 0 aliphatic heterocycles.